The average Bonchev–Trinajstić information content (AvgIpc) is 2.29. The molecule has 1 aromatic rings. The predicted octanol–water partition coefficient (Wildman–Crippen LogP) is 1.78. The van der Waals surface area contributed by atoms with Crippen molar-refractivity contribution in [2.24, 2.45) is 0 Å². The molecule has 0 saturated heterocycles. The number of nitrogens with zero attached hydrogens (tertiary/aromatic N) is 1. The lowest BCUT2D eigenvalue weighted by atomic mass is 10.3. The van der Waals surface area contributed by atoms with Crippen LogP contribution in [-0.2, 0) is 4.74 Å². The van der Waals surface area contributed by atoms with Crippen LogP contribution < -0.4 is 4.74 Å². The van der Waals surface area contributed by atoms with Gasteiger partial charge >= 0.3 is 0 Å². The number of benzene rings is 1. The molecule has 0 atom stereocenters. The van der Waals surface area contributed by atoms with Gasteiger partial charge in [-0.05, 0) is 31.3 Å². The number of likely N-dealkylation sites (N-methyl/N-ethyl adjacent to an activating group) is 1. The Balaban J connectivity index is 2.17. The molecule has 1 rings (SSSR count). The second-order valence-electron chi connectivity index (χ2n) is 3.60. The van der Waals surface area contributed by atoms with Crippen LogP contribution in [0.3, 0.4) is 0 Å². The van der Waals surface area contributed by atoms with E-state index in [9.17, 15) is 4.39 Å². The van der Waals surface area contributed by atoms with E-state index in [1.165, 1.54) is 12.1 Å². The SMILES string of the molecule is COCCN(C)CCOc1ccc(F)cc1. The Morgan fingerprint density at radius 2 is 1.75 bits per heavy atom. The van der Waals surface area contributed by atoms with E-state index in [1.54, 1.807) is 19.2 Å². The largest absolute Gasteiger partial charge is 0.492 e. The van der Waals surface area contributed by atoms with Gasteiger partial charge in [0.05, 0.1) is 6.61 Å². The Labute approximate surface area is 95.8 Å². The molecule has 0 fully saturated rings. The van der Waals surface area contributed by atoms with Gasteiger partial charge in [0.25, 0.3) is 0 Å². The van der Waals surface area contributed by atoms with Crippen molar-refractivity contribution >= 4 is 0 Å². The van der Waals surface area contributed by atoms with Crippen molar-refractivity contribution in [1.29, 1.82) is 0 Å². The molecule has 0 saturated carbocycles. The Morgan fingerprint density at radius 3 is 2.38 bits per heavy atom. The van der Waals surface area contributed by atoms with Crippen molar-refractivity contribution in [2.75, 3.05) is 40.5 Å². The van der Waals surface area contributed by atoms with Gasteiger partial charge in [0.2, 0.25) is 0 Å². The zero-order chi connectivity index (χ0) is 11.8. The smallest absolute Gasteiger partial charge is 0.123 e. The van der Waals surface area contributed by atoms with Gasteiger partial charge in [0, 0.05) is 20.2 Å². The van der Waals surface area contributed by atoms with Crippen LogP contribution in [0.25, 0.3) is 0 Å². The maximum absolute atomic E-state index is 12.6. The summed E-state index contributed by atoms with van der Waals surface area (Å²) < 4.78 is 23.0. The fraction of sp³-hybridized carbons (Fsp3) is 0.500. The van der Waals surface area contributed by atoms with Crippen LogP contribution in [-0.4, -0.2) is 45.4 Å². The van der Waals surface area contributed by atoms with E-state index in [-0.39, 0.29) is 5.82 Å². The minimum atomic E-state index is -0.246. The summed E-state index contributed by atoms with van der Waals surface area (Å²) in [6.07, 6.45) is 0. The van der Waals surface area contributed by atoms with E-state index in [0.717, 1.165) is 13.1 Å². The molecule has 0 aliphatic carbocycles. The van der Waals surface area contributed by atoms with E-state index in [0.29, 0.717) is 19.0 Å². The molecule has 0 amide bonds. The Hall–Kier alpha value is -1.13. The summed E-state index contributed by atoms with van der Waals surface area (Å²) in [5.41, 5.74) is 0. The highest BCUT2D eigenvalue weighted by atomic mass is 19.1. The van der Waals surface area contributed by atoms with Crippen molar-refractivity contribution in [1.82, 2.24) is 4.90 Å². The van der Waals surface area contributed by atoms with Gasteiger partial charge in [-0.3, -0.25) is 0 Å². The van der Waals surface area contributed by atoms with E-state index < -0.39 is 0 Å². The van der Waals surface area contributed by atoms with Crippen molar-refractivity contribution in [3.05, 3.63) is 30.1 Å². The highest BCUT2D eigenvalue weighted by Gasteiger charge is 1.99. The minimum Gasteiger partial charge on any atom is -0.492 e. The average molecular weight is 227 g/mol. The number of ether oxygens (including phenoxy) is 2. The molecular formula is C12H18FNO2. The molecule has 3 nitrogen and oxygen atoms in total. The predicted molar refractivity (Wildman–Crippen MR) is 61.3 cm³/mol. The first-order chi connectivity index (χ1) is 7.72. The van der Waals surface area contributed by atoms with Crippen LogP contribution in [0, 0.1) is 5.82 Å². The van der Waals surface area contributed by atoms with Gasteiger partial charge < -0.3 is 14.4 Å². The van der Waals surface area contributed by atoms with Crippen LogP contribution in [0.2, 0.25) is 0 Å². The molecule has 90 valence electrons. The Morgan fingerprint density at radius 1 is 1.12 bits per heavy atom. The molecule has 0 spiro atoms. The molecule has 0 aliphatic rings. The van der Waals surface area contributed by atoms with Gasteiger partial charge in [-0.2, -0.15) is 0 Å². The molecule has 4 heteroatoms. The van der Waals surface area contributed by atoms with Crippen molar-refractivity contribution in [3.8, 4) is 5.75 Å². The third kappa shape index (κ3) is 5.09. The van der Waals surface area contributed by atoms with Crippen molar-refractivity contribution in [3.63, 3.8) is 0 Å². The molecule has 0 unspecified atom stereocenters. The first-order valence-corrected chi connectivity index (χ1v) is 5.28. The molecule has 0 aromatic heterocycles. The third-order valence-electron chi connectivity index (χ3n) is 2.23. The lowest BCUT2D eigenvalue weighted by Gasteiger charge is -2.16. The van der Waals surface area contributed by atoms with Gasteiger partial charge in [0.15, 0.2) is 0 Å². The van der Waals surface area contributed by atoms with E-state index in [4.69, 9.17) is 9.47 Å². The number of hydrogen-bond acceptors (Lipinski definition) is 3. The van der Waals surface area contributed by atoms with Crippen LogP contribution in [0.4, 0.5) is 4.39 Å². The second-order valence-corrected chi connectivity index (χ2v) is 3.60. The third-order valence-corrected chi connectivity index (χ3v) is 2.23. The summed E-state index contributed by atoms with van der Waals surface area (Å²) in [6.45, 7) is 3.00. The molecular weight excluding hydrogens is 209 g/mol. The zero-order valence-electron chi connectivity index (χ0n) is 9.78. The quantitative estimate of drug-likeness (QED) is 0.708. The number of halogens is 1. The highest BCUT2D eigenvalue weighted by Crippen LogP contribution is 2.10. The standard InChI is InChI=1S/C12H18FNO2/c1-14(7-9-15-2)8-10-16-12-5-3-11(13)4-6-12/h3-6H,7-10H2,1-2H3. The van der Waals surface area contributed by atoms with Crippen LogP contribution >= 0.6 is 0 Å². The summed E-state index contributed by atoms with van der Waals surface area (Å²) in [5, 5.41) is 0. The molecule has 0 radical (unpaired) electrons. The molecule has 0 N–H and O–H groups in total. The van der Waals surface area contributed by atoms with Crippen LogP contribution in [0.5, 0.6) is 5.75 Å². The molecule has 0 bridgehead atoms. The normalized spacial score (nSPS) is 10.8. The molecule has 0 aliphatic heterocycles. The number of hydrogen-bond donors (Lipinski definition) is 0. The first kappa shape index (κ1) is 12.9. The van der Waals surface area contributed by atoms with Crippen molar-refractivity contribution < 1.29 is 13.9 Å². The Bertz CT molecular complexity index is 290. The van der Waals surface area contributed by atoms with Gasteiger partial charge in [-0.1, -0.05) is 0 Å². The summed E-state index contributed by atoms with van der Waals surface area (Å²) in [7, 11) is 3.69. The summed E-state index contributed by atoms with van der Waals surface area (Å²) in [6, 6.07) is 6.04. The minimum absolute atomic E-state index is 0.246. The van der Waals surface area contributed by atoms with Crippen LogP contribution in [0.1, 0.15) is 0 Å². The van der Waals surface area contributed by atoms with Gasteiger partial charge in [-0.15, -0.1) is 0 Å². The lowest BCUT2D eigenvalue weighted by molar-refractivity contribution is 0.150. The maximum atomic E-state index is 12.6. The highest BCUT2D eigenvalue weighted by molar-refractivity contribution is 5.21. The number of rotatable bonds is 7. The zero-order valence-corrected chi connectivity index (χ0v) is 9.78. The fourth-order valence-corrected chi connectivity index (χ4v) is 1.21. The molecule has 16 heavy (non-hydrogen) atoms. The molecule has 0 heterocycles. The summed E-state index contributed by atoms with van der Waals surface area (Å²) in [5.74, 6) is 0.450. The van der Waals surface area contributed by atoms with Gasteiger partial charge in [-0.25, -0.2) is 4.39 Å². The Kier molecular flexibility index (Phi) is 5.82. The fourth-order valence-electron chi connectivity index (χ4n) is 1.21. The maximum Gasteiger partial charge on any atom is 0.123 e. The van der Waals surface area contributed by atoms with Gasteiger partial charge in [0.1, 0.15) is 18.2 Å². The summed E-state index contributed by atoms with van der Waals surface area (Å²) >= 11 is 0. The van der Waals surface area contributed by atoms with E-state index in [2.05, 4.69) is 4.90 Å². The number of methoxy groups -OCH3 is 1. The topological polar surface area (TPSA) is 21.7 Å². The second kappa shape index (κ2) is 7.19. The van der Waals surface area contributed by atoms with Crippen LogP contribution in [0.15, 0.2) is 24.3 Å². The van der Waals surface area contributed by atoms with Crippen molar-refractivity contribution in [2.45, 2.75) is 0 Å². The monoisotopic (exact) mass is 227 g/mol. The van der Waals surface area contributed by atoms with E-state index >= 15 is 0 Å². The molecule has 1 aromatic carbocycles. The first-order valence-electron chi connectivity index (χ1n) is 5.28. The van der Waals surface area contributed by atoms with E-state index in [1.807, 2.05) is 7.05 Å². The summed E-state index contributed by atoms with van der Waals surface area (Å²) in [4.78, 5) is 2.12. The lowest BCUT2D eigenvalue weighted by Crippen LogP contribution is -2.27.